The maximum absolute atomic E-state index is 12.1. The maximum atomic E-state index is 12.1. The first-order valence-electron chi connectivity index (χ1n) is 5.41. The van der Waals surface area contributed by atoms with Crippen LogP contribution in [0.15, 0.2) is 28.8 Å². The molecular weight excluding hydrogens is 278 g/mol. The van der Waals surface area contributed by atoms with Gasteiger partial charge in [0.05, 0.1) is 6.42 Å². The summed E-state index contributed by atoms with van der Waals surface area (Å²) in [5, 5.41) is 4.24. The topological polar surface area (TPSA) is 56.0 Å². The third-order valence-electron chi connectivity index (χ3n) is 2.35. The number of hydrogen-bond donors (Lipinski definition) is 0. The van der Waals surface area contributed by atoms with E-state index in [0.717, 1.165) is 5.56 Å². The Morgan fingerprint density at radius 3 is 2.63 bits per heavy atom. The summed E-state index contributed by atoms with van der Waals surface area (Å²) in [6.07, 6.45) is -3.19. The molecule has 1 aromatic carbocycles. The monoisotopic (exact) mass is 286 g/mol. The predicted octanol–water partition coefficient (Wildman–Crippen LogP) is 2.69. The molecule has 2 aromatic rings. The van der Waals surface area contributed by atoms with E-state index in [2.05, 4.69) is 10.1 Å². The summed E-state index contributed by atoms with van der Waals surface area (Å²) < 4.78 is 28.8. The van der Waals surface area contributed by atoms with Gasteiger partial charge in [-0.1, -0.05) is 28.9 Å². The van der Waals surface area contributed by atoms with E-state index >= 15 is 0 Å². The summed E-state index contributed by atoms with van der Waals surface area (Å²) >= 11 is 5.75. The number of aromatic nitrogens is 2. The van der Waals surface area contributed by atoms with Crippen molar-refractivity contribution >= 4 is 17.4 Å². The molecule has 0 aliphatic rings. The van der Waals surface area contributed by atoms with Crippen molar-refractivity contribution in [3.05, 3.63) is 46.6 Å². The lowest BCUT2D eigenvalue weighted by atomic mass is 10.1. The Hall–Kier alpha value is -1.82. The van der Waals surface area contributed by atoms with Crippen LogP contribution in [0.25, 0.3) is 0 Å². The molecule has 0 atom stereocenters. The minimum absolute atomic E-state index is 0.103. The van der Waals surface area contributed by atoms with E-state index in [4.69, 9.17) is 16.1 Å². The first-order chi connectivity index (χ1) is 9.04. The van der Waals surface area contributed by atoms with Gasteiger partial charge in [0.2, 0.25) is 11.7 Å². The number of halogens is 3. The van der Waals surface area contributed by atoms with Crippen LogP contribution in [-0.2, 0) is 17.6 Å². The van der Waals surface area contributed by atoms with Gasteiger partial charge in [0.1, 0.15) is 0 Å². The summed E-state index contributed by atoms with van der Waals surface area (Å²) in [5.41, 5.74) is 0.900. The maximum Gasteiger partial charge on any atom is 0.296 e. The Labute approximate surface area is 112 Å². The molecule has 0 saturated heterocycles. The number of carbonyl (C=O) groups is 1. The van der Waals surface area contributed by atoms with Crippen LogP contribution in [0.4, 0.5) is 8.78 Å². The highest BCUT2D eigenvalue weighted by Gasteiger charge is 2.19. The summed E-state index contributed by atoms with van der Waals surface area (Å²) in [7, 11) is 0. The molecule has 0 aliphatic carbocycles. The van der Waals surface area contributed by atoms with Gasteiger partial charge in [0.15, 0.2) is 5.82 Å². The average Bonchev–Trinajstić information content (AvgIpc) is 2.79. The van der Waals surface area contributed by atoms with Crippen molar-refractivity contribution in [1.29, 1.82) is 0 Å². The molecule has 1 aromatic heterocycles. The van der Waals surface area contributed by atoms with Crippen molar-refractivity contribution in [3.63, 3.8) is 0 Å². The minimum Gasteiger partial charge on any atom is -0.339 e. The zero-order valence-corrected chi connectivity index (χ0v) is 10.4. The lowest BCUT2D eigenvalue weighted by Gasteiger charge is -1.96. The van der Waals surface area contributed by atoms with Crippen molar-refractivity contribution in [2.45, 2.75) is 19.3 Å². The standard InChI is InChI=1S/C12H9ClF2N2O2/c13-8-3-1-7(2-4-8)5-10-16-11(19-17-10)6-9(18)12(14)15/h1-4,12H,5-6H2. The Morgan fingerprint density at radius 2 is 2.00 bits per heavy atom. The van der Waals surface area contributed by atoms with E-state index in [1.807, 2.05) is 0 Å². The largest absolute Gasteiger partial charge is 0.339 e. The molecular formula is C12H9ClF2N2O2. The van der Waals surface area contributed by atoms with Gasteiger partial charge < -0.3 is 4.52 Å². The Kier molecular flexibility index (Phi) is 4.21. The summed E-state index contributed by atoms with van der Waals surface area (Å²) in [6.45, 7) is 0. The second kappa shape index (κ2) is 5.88. The molecule has 1 heterocycles. The third-order valence-corrected chi connectivity index (χ3v) is 2.61. The average molecular weight is 287 g/mol. The first-order valence-corrected chi connectivity index (χ1v) is 5.79. The number of rotatable bonds is 5. The minimum atomic E-state index is -3.02. The molecule has 4 nitrogen and oxygen atoms in total. The number of benzene rings is 1. The number of carbonyl (C=O) groups excluding carboxylic acids is 1. The van der Waals surface area contributed by atoms with Gasteiger partial charge in [0, 0.05) is 11.4 Å². The van der Waals surface area contributed by atoms with Crippen molar-refractivity contribution < 1.29 is 18.1 Å². The SMILES string of the molecule is O=C(Cc1nc(Cc2ccc(Cl)cc2)no1)C(F)F. The molecule has 100 valence electrons. The van der Waals surface area contributed by atoms with E-state index in [9.17, 15) is 13.6 Å². The molecule has 0 saturated carbocycles. The third kappa shape index (κ3) is 3.82. The molecule has 0 aliphatic heterocycles. The zero-order valence-electron chi connectivity index (χ0n) is 9.65. The van der Waals surface area contributed by atoms with E-state index in [0.29, 0.717) is 17.3 Å². The van der Waals surface area contributed by atoms with Crippen LogP contribution < -0.4 is 0 Å². The van der Waals surface area contributed by atoms with Crippen LogP contribution in [0.3, 0.4) is 0 Å². The second-order valence-corrected chi connectivity index (χ2v) is 4.29. The van der Waals surface area contributed by atoms with Gasteiger partial charge in [-0.3, -0.25) is 4.79 Å². The van der Waals surface area contributed by atoms with Crippen LogP contribution >= 0.6 is 11.6 Å². The molecule has 0 bridgehead atoms. The van der Waals surface area contributed by atoms with Crippen molar-refractivity contribution in [2.24, 2.45) is 0 Å². The lowest BCUT2D eigenvalue weighted by Crippen LogP contribution is -2.13. The van der Waals surface area contributed by atoms with Crippen molar-refractivity contribution in [1.82, 2.24) is 10.1 Å². The van der Waals surface area contributed by atoms with Gasteiger partial charge in [-0.05, 0) is 17.7 Å². The molecule has 0 amide bonds. The van der Waals surface area contributed by atoms with E-state index in [1.54, 1.807) is 24.3 Å². The highest BCUT2D eigenvalue weighted by Crippen LogP contribution is 2.12. The second-order valence-electron chi connectivity index (χ2n) is 3.85. The predicted molar refractivity (Wildman–Crippen MR) is 63.3 cm³/mol. The highest BCUT2D eigenvalue weighted by atomic mass is 35.5. The van der Waals surface area contributed by atoms with Crippen LogP contribution in [0, 0.1) is 0 Å². The fraction of sp³-hybridized carbons (Fsp3) is 0.250. The lowest BCUT2D eigenvalue weighted by molar-refractivity contribution is -0.129. The summed E-state index contributed by atoms with van der Waals surface area (Å²) in [6, 6.07) is 7.03. The first kappa shape index (κ1) is 13.6. The Balaban J connectivity index is 2.01. The van der Waals surface area contributed by atoms with Crippen molar-refractivity contribution in [2.75, 3.05) is 0 Å². The number of Topliss-reactive ketones (excluding diaryl/α,β-unsaturated/α-hetero) is 1. The zero-order chi connectivity index (χ0) is 13.8. The van der Waals surface area contributed by atoms with Gasteiger partial charge in [-0.2, -0.15) is 4.98 Å². The summed E-state index contributed by atoms with van der Waals surface area (Å²) in [4.78, 5) is 14.7. The molecule has 0 radical (unpaired) electrons. The van der Waals surface area contributed by atoms with Gasteiger partial charge in [-0.25, -0.2) is 8.78 Å². The van der Waals surface area contributed by atoms with Gasteiger partial charge >= 0.3 is 0 Å². The fourth-order valence-corrected chi connectivity index (χ4v) is 1.57. The number of nitrogens with zero attached hydrogens (tertiary/aromatic N) is 2. The number of ketones is 1. The van der Waals surface area contributed by atoms with Crippen molar-refractivity contribution in [3.8, 4) is 0 Å². The summed E-state index contributed by atoms with van der Waals surface area (Å²) in [5.74, 6) is -1.00. The highest BCUT2D eigenvalue weighted by molar-refractivity contribution is 6.30. The van der Waals surface area contributed by atoms with Crippen LogP contribution in [0.1, 0.15) is 17.3 Å². The molecule has 19 heavy (non-hydrogen) atoms. The quantitative estimate of drug-likeness (QED) is 0.848. The van der Waals surface area contributed by atoms with E-state index < -0.39 is 18.6 Å². The fourth-order valence-electron chi connectivity index (χ4n) is 1.44. The smallest absolute Gasteiger partial charge is 0.296 e. The molecule has 2 rings (SSSR count). The molecule has 0 spiro atoms. The normalized spacial score (nSPS) is 10.9. The van der Waals surface area contributed by atoms with E-state index in [1.165, 1.54) is 0 Å². The molecule has 7 heteroatoms. The van der Waals surface area contributed by atoms with Crippen LogP contribution in [0.5, 0.6) is 0 Å². The molecule has 0 fully saturated rings. The number of alkyl halides is 2. The Morgan fingerprint density at radius 1 is 1.32 bits per heavy atom. The van der Waals surface area contributed by atoms with E-state index in [-0.39, 0.29) is 5.89 Å². The van der Waals surface area contributed by atoms with Crippen LogP contribution in [0.2, 0.25) is 5.02 Å². The molecule has 0 unspecified atom stereocenters. The van der Waals surface area contributed by atoms with Gasteiger partial charge in [0.25, 0.3) is 6.43 Å². The Bertz CT molecular complexity index is 569. The van der Waals surface area contributed by atoms with Gasteiger partial charge in [-0.15, -0.1) is 0 Å². The number of hydrogen-bond acceptors (Lipinski definition) is 4. The van der Waals surface area contributed by atoms with Crippen LogP contribution in [-0.4, -0.2) is 22.3 Å². The molecule has 0 N–H and O–H groups in total.